The van der Waals surface area contributed by atoms with Crippen molar-refractivity contribution >= 4 is 15.8 Å². The van der Waals surface area contributed by atoms with E-state index in [1.54, 1.807) is 20.8 Å². The van der Waals surface area contributed by atoms with Crippen LogP contribution in [0.4, 0.5) is 0 Å². The topological polar surface area (TPSA) is 84.2 Å². The van der Waals surface area contributed by atoms with Crippen LogP contribution in [0, 0.1) is 16.7 Å². The van der Waals surface area contributed by atoms with Gasteiger partial charge in [0.2, 0.25) is 0 Å². The van der Waals surface area contributed by atoms with Crippen LogP contribution in [-0.2, 0) is 19.4 Å². The molecular weight excluding hydrogens is 254 g/mol. The molecular formula is C12H19NO4S. The van der Waals surface area contributed by atoms with Gasteiger partial charge in [-0.15, -0.1) is 0 Å². The highest BCUT2D eigenvalue weighted by Crippen LogP contribution is 2.49. The molecule has 0 aliphatic heterocycles. The van der Waals surface area contributed by atoms with Crippen LogP contribution in [0.3, 0.4) is 0 Å². The third kappa shape index (κ3) is 5.05. The number of carbonyl (C=O) groups is 1. The first kappa shape index (κ1) is 15.0. The predicted molar refractivity (Wildman–Crippen MR) is 66.4 cm³/mol. The summed E-state index contributed by atoms with van der Waals surface area (Å²) in [6, 6.07) is 2.00. The monoisotopic (exact) mass is 273 g/mol. The van der Waals surface area contributed by atoms with Crippen LogP contribution in [0.25, 0.3) is 0 Å². The fourth-order valence-electron chi connectivity index (χ4n) is 1.78. The van der Waals surface area contributed by atoms with Crippen molar-refractivity contribution in [2.45, 2.75) is 45.6 Å². The molecule has 0 aromatic heterocycles. The summed E-state index contributed by atoms with van der Waals surface area (Å²) in [5.41, 5.74) is -1.09. The summed E-state index contributed by atoms with van der Waals surface area (Å²) in [6.07, 6.45) is 1.72. The van der Waals surface area contributed by atoms with Gasteiger partial charge in [0.1, 0.15) is 11.4 Å². The number of carbonyl (C=O) groups excluding carboxylic acids is 1. The van der Waals surface area contributed by atoms with Crippen molar-refractivity contribution in [3.63, 3.8) is 0 Å². The number of ether oxygens (including phenoxy) is 1. The summed E-state index contributed by atoms with van der Waals surface area (Å²) < 4.78 is 28.7. The molecule has 0 N–H and O–H groups in total. The van der Waals surface area contributed by atoms with Crippen molar-refractivity contribution in [3.05, 3.63) is 0 Å². The molecule has 0 unspecified atom stereocenters. The Hall–Kier alpha value is -1.09. The van der Waals surface area contributed by atoms with Gasteiger partial charge in [0, 0.05) is 6.42 Å². The van der Waals surface area contributed by atoms with Crippen LogP contribution in [0.2, 0.25) is 0 Å². The van der Waals surface area contributed by atoms with Crippen molar-refractivity contribution in [3.8, 4) is 6.07 Å². The van der Waals surface area contributed by atoms with Crippen LogP contribution in [0.1, 0.15) is 40.0 Å². The molecule has 102 valence electrons. The molecule has 0 amide bonds. The molecule has 18 heavy (non-hydrogen) atoms. The highest BCUT2D eigenvalue weighted by atomic mass is 32.2. The normalized spacial score (nSPS) is 17.9. The Morgan fingerprint density at radius 1 is 1.39 bits per heavy atom. The zero-order valence-corrected chi connectivity index (χ0v) is 11.8. The lowest BCUT2D eigenvalue weighted by Gasteiger charge is -2.19. The molecule has 0 spiro atoms. The van der Waals surface area contributed by atoms with Crippen molar-refractivity contribution in [1.29, 1.82) is 5.26 Å². The molecule has 0 aromatic carbocycles. The highest BCUT2D eigenvalue weighted by Gasteiger charge is 2.46. The van der Waals surface area contributed by atoms with Crippen molar-refractivity contribution < 1.29 is 17.9 Å². The quantitative estimate of drug-likeness (QED) is 0.708. The van der Waals surface area contributed by atoms with Crippen LogP contribution >= 0.6 is 0 Å². The Morgan fingerprint density at radius 3 is 2.33 bits per heavy atom. The van der Waals surface area contributed by atoms with E-state index < -0.39 is 32.6 Å². The average molecular weight is 273 g/mol. The summed E-state index contributed by atoms with van der Waals surface area (Å²) in [4.78, 5) is 11.5. The molecule has 1 saturated carbocycles. The van der Waals surface area contributed by atoms with Crippen molar-refractivity contribution in [2.24, 2.45) is 5.41 Å². The van der Waals surface area contributed by atoms with E-state index in [0.717, 1.165) is 12.8 Å². The maximum atomic E-state index is 11.8. The number of hydrogen-bond donors (Lipinski definition) is 0. The molecule has 0 bridgehead atoms. The van der Waals surface area contributed by atoms with E-state index >= 15 is 0 Å². The van der Waals surface area contributed by atoms with E-state index in [1.807, 2.05) is 6.07 Å². The third-order valence-electron chi connectivity index (χ3n) is 2.70. The molecule has 0 saturated heterocycles. The summed E-state index contributed by atoms with van der Waals surface area (Å²) in [7, 11) is -3.50. The van der Waals surface area contributed by atoms with E-state index in [1.165, 1.54) is 0 Å². The van der Waals surface area contributed by atoms with Gasteiger partial charge in [0.05, 0.1) is 11.8 Å². The zero-order chi connectivity index (χ0) is 14.0. The van der Waals surface area contributed by atoms with Crippen molar-refractivity contribution in [1.82, 2.24) is 0 Å². The molecule has 0 heterocycles. The van der Waals surface area contributed by atoms with Crippen LogP contribution in [-0.4, -0.2) is 31.5 Å². The summed E-state index contributed by atoms with van der Waals surface area (Å²) in [5, 5.41) is 8.64. The Bertz CT molecular complexity index is 463. The molecule has 1 fully saturated rings. The number of esters is 1. The van der Waals surface area contributed by atoms with Gasteiger partial charge in [0.15, 0.2) is 9.84 Å². The van der Waals surface area contributed by atoms with Crippen molar-refractivity contribution in [2.75, 3.05) is 11.5 Å². The van der Waals surface area contributed by atoms with Gasteiger partial charge in [-0.2, -0.15) is 5.26 Å². The Labute approximate surface area is 108 Å². The number of rotatable bonds is 5. The fraction of sp³-hybridized carbons (Fsp3) is 0.833. The number of sulfone groups is 1. The van der Waals surface area contributed by atoms with E-state index in [-0.39, 0.29) is 12.2 Å². The SMILES string of the molecule is CC(C)(C)OC(=O)CS(=O)(=O)CC1(CC#N)CC1. The molecule has 0 atom stereocenters. The van der Waals surface area contributed by atoms with E-state index in [9.17, 15) is 13.2 Å². The third-order valence-corrected chi connectivity index (χ3v) is 4.42. The number of nitriles is 1. The predicted octanol–water partition coefficient (Wildman–Crippen LogP) is 1.44. The van der Waals surface area contributed by atoms with Crippen LogP contribution < -0.4 is 0 Å². The van der Waals surface area contributed by atoms with Gasteiger partial charge in [-0.1, -0.05) is 0 Å². The number of hydrogen-bond acceptors (Lipinski definition) is 5. The number of nitrogens with zero attached hydrogens (tertiary/aromatic N) is 1. The van der Waals surface area contributed by atoms with Gasteiger partial charge in [-0.25, -0.2) is 8.42 Å². The minimum absolute atomic E-state index is 0.0905. The molecule has 0 aromatic rings. The summed E-state index contributed by atoms with van der Waals surface area (Å²) >= 11 is 0. The van der Waals surface area contributed by atoms with Gasteiger partial charge in [-0.05, 0) is 39.0 Å². The molecule has 1 aliphatic carbocycles. The first-order valence-corrected chi connectivity index (χ1v) is 7.69. The smallest absolute Gasteiger partial charge is 0.321 e. The first-order valence-electron chi connectivity index (χ1n) is 5.87. The minimum Gasteiger partial charge on any atom is -0.459 e. The van der Waals surface area contributed by atoms with Crippen LogP contribution in [0.15, 0.2) is 0 Å². The largest absolute Gasteiger partial charge is 0.459 e. The second-order valence-corrected chi connectivity index (χ2v) is 8.02. The summed E-state index contributed by atoms with van der Waals surface area (Å²) in [6.45, 7) is 5.07. The molecule has 6 heteroatoms. The van der Waals surface area contributed by atoms with E-state index in [2.05, 4.69) is 0 Å². The maximum Gasteiger partial charge on any atom is 0.321 e. The van der Waals surface area contributed by atoms with Crippen LogP contribution in [0.5, 0.6) is 0 Å². The Balaban J connectivity index is 2.56. The molecule has 1 rings (SSSR count). The molecule has 0 radical (unpaired) electrons. The van der Waals surface area contributed by atoms with E-state index in [4.69, 9.17) is 10.00 Å². The highest BCUT2D eigenvalue weighted by molar-refractivity contribution is 7.92. The Morgan fingerprint density at radius 2 is 1.94 bits per heavy atom. The second kappa shape index (κ2) is 4.88. The van der Waals surface area contributed by atoms with Gasteiger partial charge in [-0.3, -0.25) is 4.79 Å². The lowest BCUT2D eigenvalue weighted by molar-refractivity contribution is -0.151. The standard InChI is InChI=1S/C12H19NO4S/c1-11(2,3)17-10(14)8-18(15,16)9-12(4-5-12)6-7-13/h4-6,8-9H2,1-3H3. The zero-order valence-electron chi connectivity index (χ0n) is 11.0. The van der Waals surface area contributed by atoms with Gasteiger partial charge in [0.25, 0.3) is 0 Å². The average Bonchev–Trinajstić information content (AvgIpc) is 2.78. The van der Waals surface area contributed by atoms with Gasteiger partial charge >= 0.3 is 5.97 Å². The lowest BCUT2D eigenvalue weighted by Crippen LogP contribution is -2.31. The summed E-state index contributed by atoms with van der Waals surface area (Å²) in [5.74, 6) is -1.42. The minimum atomic E-state index is -3.50. The fourth-order valence-corrected chi connectivity index (χ4v) is 3.63. The van der Waals surface area contributed by atoms with E-state index in [0.29, 0.717) is 0 Å². The maximum absolute atomic E-state index is 11.8. The second-order valence-electron chi connectivity index (χ2n) is 5.95. The first-order chi connectivity index (χ1) is 8.08. The molecule has 5 nitrogen and oxygen atoms in total. The lowest BCUT2D eigenvalue weighted by atomic mass is 10.1. The molecule has 1 aliphatic rings. The Kier molecular flexibility index (Phi) is 4.06. The van der Waals surface area contributed by atoms with Gasteiger partial charge < -0.3 is 4.74 Å².